The van der Waals surface area contributed by atoms with Gasteiger partial charge in [0.05, 0.1) is 11.4 Å². The van der Waals surface area contributed by atoms with E-state index in [1.807, 2.05) is 19.1 Å². The largest absolute Gasteiger partial charge is 0.398 e. The number of aryl methyl sites for hydroxylation is 1. The van der Waals surface area contributed by atoms with Crippen LogP contribution in [0.15, 0.2) is 22.0 Å². The van der Waals surface area contributed by atoms with Gasteiger partial charge in [0.25, 0.3) is 0 Å². The van der Waals surface area contributed by atoms with E-state index in [0.29, 0.717) is 17.9 Å². The zero-order valence-electron chi connectivity index (χ0n) is 9.23. The van der Waals surface area contributed by atoms with Gasteiger partial charge in [-0.25, -0.2) is 0 Å². The van der Waals surface area contributed by atoms with Gasteiger partial charge in [0.1, 0.15) is 0 Å². The molecule has 0 fully saturated rings. The minimum Gasteiger partial charge on any atom is -0.398 e. The summed E-state index contributed by atoms with van der Waals surface area (Å²) in [7, 11) is 0. The third kappa shape index (κ3) is 3.54. The molecule has 0 aliphatic rings. The third-order valence-electron chi connectivity index (χ3n) is 1.92. The first kappa shape index (κ1) is 12.5. The lowest BCUT2D eigenvalue weighted by Gasteiger charge is -2.09. The standard InChI is InChI=1S/C10H17N5S/c1-6-4-7(11)9(8(12)5-6)16-3-2-15-10(13)14/h4-5H,2-3,11-12H2,1H3,(H4,13,14,15). The Morgan fingerprint density at radius 1 is 1.25 bits per heavy atom. The number of hydrogen-bond donors (Lipinski definition) is 4. The molecule has 6 heteroatoms. The van der Waals surface area contributed by atoms with E-state index in [0.717, 1.165) is 16.2 Å². The molecule has 0 spiro atoms. The number of nitrogens with two attached hydrogens (primary N) is 4. The average Bonchev–Trinajstić information content (AvgIpc) is 2.14. The second kappa shape index (κ2) is 5.50. The van der Waals surface area contributed by atoms with Gasteiger partial charge >= 0.3 is 0 Å². The number of anilines is 2. The van der Waals surface area contributed by atoms with Crippen molar-refractivity contribution in [2.75, 3.05) is 23.8 Å². The van der Waals surface area contributed by atoms with Crippen molar-refractivity contribution in [2.24, 2.45) is 16.5 Å². The van der Waals surface area contributed by atoms with Gasteiger partial charge in [-0.3, -0.25) is 4.99 Å². The molecule has 1 aromatic rings. The number of guanidine groups is 1. The molecule has 16 heavy (non-hydrogen) atoms. The highest BCUT2D eigenvalue weighted by atomic mass is 32.2. The van der Waals surface area contributed by atoms with Crippen LogP contribution < -0.4 is 22.9 Å². The molecule has 0 aliphatic heterocycles. The molecule has 0 aliphatic carbocycles. The van der Waals surface area contributed by atoms with Gasteiger partial charge in [-0.2, -0.15) is 0 Å². The summed E-state index contributed by atoms with van der Waals surface area (Å²) in [6, 6.07) is 3.80. The number of rotatable bonds is 4. The van der Waals surface area contributed by atoms with E-state index in [9.17, 15) is 0 Å². The van der Waals surface area contributed by atoms with Crippen molar-refractivity contribution in [1.29, 1.82) is 0 Å². The summed E-state index contributed by atoms with van der Waals surface area (Å²) < 4.78 is 0. The number of nitrogen functional groups attached to an aromatic ring is 2. The monoisotopic (exact) mass is 239 g/mol. The van der Waals surface area contributed by atoms with Crippen LogP contribution in [0.3, 0.4) is 0 Å². The van der Waals surface area contributed by atoms with E-state index in [1.54, 1.807) is 11.8 Å². The summed E-state index contributed by atoms with van der Waals surface area (Å²) in [5.41, 5.74) is 24.7. The average molecular weight is 239 g/mol. The number of benzene rings is 1. The molecular weight excluding hydrogens is 222 g/mol. The Kier molecular flexibility index (Phi) is 4.30. The van der Waals surface area contributed by atoms with E-state index >= 15 is 0 Å². The highest BCUT2D eigenvalue weighted by Crippen LogP contribution is 2.31. The Hall–Kier alpha value is -1.56. The van der Waals surface area contributed by atoms with E-state index in [1.165, 1.54) is 0 Å². The first-order chi connectivity index (χ1) is 7.50. The van der Waals surface area contributed by atoms with Crippen molar-refractivity contribution in [3.05, 3.63) is 17.7 Å². The van der Waals surface area contributed by atoms with Gasteiger partial charge in [-0.05, 0) is 24.6 Å². The lowest BCUT2D eigenvalue weighted by molar-refractivity contribution is 1.12. The molecule has 0 atom stereocenters. The Bertz CT molecular complexity index is 375. The SMILES string of the molecule is Cc1cc(N)c(SCCN=C(N)N)c(N)c1. The normalized spacial score (nSPS) is 10.1. The zero-order valence-corrected chi connectivity index (χ0v) is 10.1. The molecule has 0 unspecified atom stereocenters. The van der Waals surface area contributed by atoms with Gasteiger partial charge in [-0.15, -0.1) is 11.8 Å². The lowest BCUT2D eigenvalue weighted by atomic mass is 10.2. The number of hydrogen-bond acceptors (Lipinski definition) is 4. The van der Waals surface area contributed by atoms with Gasteiger partial charge in [0.2, 0.25) is 0 Å². The molecular formula is C10H17N5S. The first-order valence-corrected chi connectivity index (χ1v) is 5.83. The molecule has 1 aromatic carbocycles. The topological polar surface area (TPSA) is 116 Å². The van der Waals surface area contributed by atoms with Crippen LogP contribution in [0.2, 0.25) is 0 Å². The number of nitrogens with zero attached hydrogens (tertiary/aromatic N) is 1. The van der Waals surface area contributed by atoms with Crippen molar-refractivity contribution in [3.8, 4) is 0 Å². The van der Waals surface area contributed by atoms with Crippen LogP contribution in [0.25, 0.3) is 0 Å². The van der Waals surface area contributed by atoms with E-state index in [2.05, 4.69) is 4.99 Å². The lowest BCUT2D eigenvalue weighted by Crippen LogP contribution is -2.23. The fraction of sp³-hybridized carbons (Fsp3) is 0.300. The minimum absolute atomic E-state index is 0.102. The summed E-state index contributed by atoms with van der Waals surface area (Å²) in [5.74, 6) is 0.848. The number of aliphatic imine (C=N–C) groups is 1. The molecule has 0 saturated carbocycles. The maximum atomic E-state index is 5.88. The molecule has 1 rings (SSSR count). The quantitative estimate of drug-likeness (QED) is 0.201. The Morgan fingerprint density at radius 2 is 1.81 bits per heavy atom. The Labute approximate surface area is 99.3 Å². The summed E-state index contributed by atoms with van der Waals surface area (Å²) in [5, 5.41) is 0. The van der Waals surface area contributed by atoms with Crippen molar-refractivity contribution >= 4 is 29.1 Å². The molecule has 88 valence electrons. The summed E-state index contributed by atoms with van der Waals surface area (Å²) >= 11 is 1.56. The van der Waals surface area contributed by atoms with Crippen molar-refractivity contribution in [2.45, 2.75) is 11.8 Å². The molecule has 0 saturated heterocycles. The molecule has 0 radical (unpaired) electrons. The second-order valence-corrected chi connectivity index (χ2v) is 4.53. The van der Waals surface area contributed by atoms with Crippen LogP contribution in [-0.4, -0.2) is 18.3 Å². The van der Waals surface area contributed by atoms with Crippen LogP contribution in [0.4, 0.5) is 11.4 Å². The van der Waals surface area contributed by atoms with E-state index < -0.39 is 0 Å². The molecule has 8 N–H and O–H groups in total. The zero-order chi connectivity index (χ0) is 12.1. The Morgan fingerprint density at radius 3 is 2.31 bits per heavy atom. The van der Waals surface area contributed by atoms with Crippen LogP contribution in [0.5, 0.6) is 0 Å². The molecule has 0 heterocycles. The smallest absolute Gasteiger partial charge is 0.185 e. The summed E-state index contributed by atoms with van der Waals surface area (Å²) in [4.78, 5) is 4.79. The Balaban J connectivity index is 2.64. The van der Waals surface area contributed by atoms with Crippen LogP contribution in [0.1, 0.15) is 5.56 Å². The third-order valence-corrected chi connectivity index (χ3v) is 3.07. The predicted molar refractivity (Wildman–Crippen MR) is 71.4 cm³/mol. The fourth-order valence-corrected chi connectivity index (χ4v) is 2.16. The van der Waals surface area contributed by atoms with Crippen LogP contribution in [0, 0.1) is 6.92 Å². The van der Waals surface area contributed by atoms with Crippen molar-refractivity contribution in [1.82, 2.24) is 0 Å². The maximum absolute atomic E-state index is 5.88. The van der Waals surface area contributed by atoms with E-state index in [4.69, 9.17) is 22.9 Å². The van der Waals surface area contributed by atoms with Crippen LogP contribution >= 0.6 is 11.8 Å². The van der Waals surface area contributed by atoms with Gasteiger partial charge in [-0.1, -0.05) is 0 Å². The van der Waals surface area contributed by atoms with Crippen molar-refractivity contribution in [3.63, 3.8) is 0 Å². The summed E-state index contributed by atoms with van der Waals surface area (Å²) in [6.07, 6.45) is 0. The van der Waals surface area contributed by atoms with Crippen LogP contribution in [-0.2, 0) is 0 Å². The molecule has 5 nitrogen and oxygen atoms in total. The predicted octanol–water partition coefficient (Wildman–Crippen LogP) is 0.525. The van der Waals surface area contributed by atoms with Gasteiger partial charge < -0.3 is 22.9 Å². The van der Waals surface area contributed by atoms with Gasteiger partial charge in [0, 0.05) is 17.1 Å². The maximum Gasteiger partial charge on any atom is 0.185 e. The molecule has 0 bridgehead atoms. The second-order valence-electron chi connectivity index (χ2n) is 3.43. The summed E-state index contributed by atoms with van der Waals surface area (Å²) in [6.45, 7) is 2.51. The molecule has 0 amide bonds. The highest BCUT2D eigenvalue weighted by Gasteiger charge is 2.05. The fourth-order valence-electron chi connectivity index (χ4n) is 1.32. The number of thioether (sulfide) groups is 1. The van der Waals surface area contributed by atoms with E-state index in [-0.39, 0.29) is 5.96 Å². The molecule has 0 aromatic heterocycles. The highest BCUT2D eigenvalue weighted by molar-refractivity contribution is 7.99. The minimum atomic E-state index is 0.102. The van der Waals surface area contributed by atoms with Crippen molar-refractivity contribution < 1.29 is 0 Å². The first-order valence-electron chi connectivity index (χ1n) is 4.84. The van der Waals surface area contributed by atoms with Gasteiger partial charge in [0.15, 0.2) is 5.96 Å².